The van der Waals surface area contributed by atoms with Crippen molar-refractivity contribution in [3.8, 4) is 17.0 Å². The summed E-state index contributed by atoms with van der Waals surface area (Å²) in [5.41, 5.74) is 5.19. The van der Waals surface area contributed by atoms with Gasteiger partial charge in [-0.2, -0.15) is 5.10 Å². The SMILES string of the molecule is ClCc1cccc(-c2cccc3nc(Cc4ccc(OCCN5CCCC5)cc4)nn23)c1. The summed E-state index contributed by atoms with van der Waals surface area (Å²) in [6, 6.07) is 22.6. The molecule has 164 valence electrons. The Labute approximate surface area is 193 Å². The van der Waals surface area contributed by atoms with Gasteiger partial charge in [0.15, 0.2) is 11.5 Å². The number of alkyl halides is 1. The van der Waals surface area contributed by atoms with E-state index in [-0.39, 0.29) is 0 Å². The Morgan fingerprint density at radius 2 is 1.72 bits per heavy atom. The first-order valence-electron chi connectivity index (χ1n) is 11.2. The molecule has 0 unspecified atom stereocenters. The average Bonchev–Trinajstić information content (AvgIpc) is 3.49. The molecule has 1 fully saturated rings. The van der Waals surface area contributed by atoms with Crippen LogP contribution in [0, 0.1) is 0 Å². The molecule has 0 N–H and O–H groups in total. The topological polar surface area (TPSA) is 42.7 Å². The Bertz CT molecular complexity index is 1180. The van der Waals surface area contributed by atoms with Crippen molar-refractivity contribution in [3.63, 3.8) is 0 Å². The third-order valence-electron chi connectivity index (χ3n) is 5.94. The second-order valence-corrected chi connectivity index (χ2v) is 8.53. The van der Waals surface area contributed by atoms with Crippen LogP contribution in [0.1, 0.15) is 29.8 Å². The predicted molar refractivity (Wildman–Crippen MR) is 128 cm³/mol. The van der Waals surface area contributed by atoms with Gasteiger partial charge < -0.3 is 4.74 Å². The molecule has 0 radical (unpaired) electrons. The third kappa shape index (κ3) is 4.79. The van der Waals surface area contributed by atoms with Gasteiger partial charge in [-0.3, -0.25) is 4.90 Å². The van der Waals surface area contributed by atoms with Gasteiger partial charge in [0.1, 0.15) is 12.4 Å². The fourth-order valence-electron chi connectivity index (χ4n) is 4.24. The monoisotopic (exact) mass is 446 g/mol. The largest absolute Gasteiger partial charge is 0.492 e. The fourth-order valence-corrected chi connectivity index (χ4v) is 4.41. The molecule has 3 heterocycles. The highest BCUT2D eigenvalue weighted by atomic mass is 35.5. The first-order valence-corrected chi connectivity index (χ1v) is 11.8. The smallest absolute Gasteiger partial charge is 0.156 e. The molecule has 5 nitrogen and oxygen atoms in total. The van der Waals surface area contributed by atoms with Crippen molar-refractivity contribution < 1.29 is 4.74 Å². The normalized spacial score (nSPS) is 14.3. The van der Waals surface area contributed by atoms with E-state index in [2.05, 4.69) is 35.2 Å². The van der Waals surface area contributed by atoms with Gasteiger partial charge in [0, 0.05) is 24.4 Å². The fraction of sp³-hybridized carbons (Fsp3) is 0.308. The lowest BCUT2D eigenvalue weighted by Gasteiger charge is -2.14. The molecule has 0 aliphatic carbocycles. The highest BCUT2D eigenvalue weighted by Gasteiger charge is 2.12. The minimum absolute atomic E-state index is 0.490. The highest BCUT2D eigenvalue weighted by molar-refractivity contribution is 6.17. The van der Waals surface area contributed by atoms with Gasteiger partial charge >= 0.3 is 0 Å². The summed E-state index contributed by atoms with van der Waals surface area (Å²) >= 11 is 6.02. The Hall–Kier alpha value is -2.89. The number of pyridine rings is 1. The molecule has 32 heavy (non-hydrogen) atoms. The van der Waals surface area contributed by atoms with Crippen LogP contribution in [0.15, 0.2) is 66.7 Å². The maximum atomic E-state index is 6.02. The zero-order valence-electron chi connectivity index (χ0n) is 18.1. The van der Waals surface area contributed by atoms with Gasteiger partial charge in [-0.25, -0.2) is 9.50 Å². The van der Waals surface area contributed by atoms with Crippen LogP contribution in [0.25, 0.3) is 16.9 Å². The summed E-state index contributed by atoms with van der Waals surface area (Å²) in [4.78, 5) is 7.20. The number of likely N-dealkylation sites (tertiary alicyclic amines) is 1. The second kappa shape index (κ2) is 9.72. The molecule has 0 atom stereocenters. The first-order chi connectivity index (χ1) is 15.8. The van der Waals surface area contributed by atoms with Crippen molar-refractivity contribution in [1.29, 1.82) is 0 Å². The van der Waals surface area contributed by atoms with Crippen LogP contribution < -0.4 is 4.74 Å². The number of fused-ring (bicyclic) bond motifs is 1. The van der Waals surface area contributed by atoms with Gasteiger partial charge in [0.25, 0.3) is 0 Å². The van der Waals surface area contributed by atoms with E-state index in [1.807, 2.05) is 40.9 Å². The zero-order valence-corrected chi connectivity index (χ0v) is 18.8. The van der Waals surface area contributed by atoms with Gasteiger partial charge in [0.2, 0.25) is 0 Å². The average molecular weight is 447 g/mol. The maximum absolute atomic E-state index is 6.02. The van der Waals surface area contributed by atoms with Crippen LogP contribution in [-0.4, -0.2) is 45.7 Å². The lowest BCUT2D eigenvalue weighted by atomic mass is 10.1. The van der Waals surface area contributed by atoms with Gasteiger partial charge in [-0.15, -0.1) is 11.6 Å². The molecule has 0 amide bonds. The molecule has 1 saturated heterocycles. The Morgan fingerprint density at radius 3 is 2.53 bits per heavy atom. The number of halogens is 1. The second-order valence-electron chi connectivity index (χ2n) is 8.26. The van der Waals surface area contributed by atoms with Crippen LogP contribution in [-0.2, 0) is 12.3 Å². The maximum Gasteiger partial charge on any atom is 0.156 e. The quantitative estimate of drug-likeness (QED) is 0.349. The number of hydrogen-bond donors (Lipinski definition) is 0. The minimum atomic E-state index is 0.490. The molecule has 2 aromatic heterocycles. The molecule has 4 aromatic rings. The summed E-state index contributed by atoms with van der Waals surface area (Å²) < 4.78 is 7.83. The van der Waals surface area contributed by atoms with E-state index in [1.165, 1.54) is 31.5 Å². The van der Waals surface area contributed by atoms with E-state index in [9.17, 15) is 0 Å². The van der Waals surface area contributed by atoms with E-state index < -0.39 is 0 Å². The Morgan fingerprint density at radius 1 is 0.906 bits per heavy atom. The molecule has 1 aliphatic rings. The first kappa shape index (κ1) is 21.0. The van der Waals surface area contributed by atoms with E-state index in [0.29, 0.717) is 12.3 Å². The van der Waals surface area contributed by atoms with Crippen LogP contribution in [0.4, 0.5) is 0 Å². The number of aromatic nitrogens is 3. The summed E-state index contributed by atoms with van der Waals surface area (Å²) in [6.07, 6.45) is 3.30. The van der Waals surface area contributed by atoms with Gasteiger partial charge in [-0.1, -0.05) is 36.4 Å². The Kier molecular flexibility index (Phi) is 6.37. The van der Waals surface area contributed by atoms with Crippen LogP contribution in [0.3, 0.4) is 0 Å². The van der Waals surface area contributed by atoms with Crippen molar-refractivity contribution in [2.75, 3.05) is 26.2 Å². The number of hydrogen-bond acceptors (Lipinski definition) is 4. The predicted octanol–water partition coefficient (Wildman–Crippen LogP) is 5.20. The molecule has 1 aliphatic heterocycles. The van der Waals surface area contributed by atoms with Gasteiger partial charge in [0.05, 0.1) is 5.69 Å². The number of nitrogens with zero attached hydrogens (tertiary/aromatic N) is 4. The van der Waals surface area contributed by atoms with Crippen molar-refractivity contribution in [2.24, 2.45) is 0 Å². The van der Waals surface area contributed by atoms with Crippen molar-refractivity contribution in [1.82, 2.24) is 19.5 Å². The van der Waals surface area contributed by atoms with E-state index in [0.717, 1.165) is 47.2 Å². The van der Waals surface area contributed by atoms with Crippen molar-refractivity contribution >= 4 is 17.2 Å². The molecule has 0 spiro atoms. The summed E-state index contributed by atoms with van der Waals surface area (Å²) in [6.45, 7) is 4.15. The zero-order chi connectivity index (χ0) is 21.8. The molecule has 2 aromatic carbocycles. The van der Waals surface area contributed by atoms with E-state index >= 15 is 0 Å². The van der Waals surface area contributed by atoms with Crippen molar-refractivity contribution in [2.45, 2.75) is 25.1 Å². The van der Waals surface area contributed by atoms with Crippen molar-refractivity contribution in [3.05, 3.63) is 83.7 Å². The third-order valence-corrected chi connectivity index (χ3v) is 6.25. The standard InChI is InChI=1S/C26H27ClN4O/c27-19-21-5-3-6-22(17-21)24-7-4-8-26-28-25(29-31(24)26)18-20-9-11-23(12-10-20)32-16-15-30-13-1-2-14-30/h3-12,17H,1-2,13-16,18-19H2. The number of ether oxygens (including phenoxy) is 1. The molecule has 5 rings (SSSR count). The molecular weight excluding hydrogens is 420 g/mol. The summed E-state index contributed by atoms with van der Waals surface area (Å²) in [5.74, 6) is 2.20. The Balaban J connectivity index is 1.28. The molecule has 0 bridgehead atoms. The molecule has 6 heteroatoms. The summed E-state index contributed by atoms with van der Waals surface area (Å²) in [7, 11) is 0. The lowest BCUT2D eigenvalue weighted by Crippen LogP contribution is -2.25. The van der Waals surface area contributed by atoms with Crippen LogP contribution in [0.5, 0.6) is 5.75 Å². The minimum Gasteiger partial charge on any atom is -0.492 e. The highest BCUT2D eigenvalue weighted by Crippen LogP contribution is 2.23. The molecular formula is C26H27ClN4O. The van der Waals surface area contributed by atoms with Gasteiger partial charge in [-0.05, 0) is 67.4 Å². The molecule has 0 saturated carbocycles. The lowest BCUT2D eigenvalue weighted by molar-refractivity contribution is 0.238. The van der Waals surface area contributed by atoms with Crippen LogP contribution in [0.2, 0.25) is 0 Å². The van der Waals surface area contributed by atoms with E-state index in [1.54, 1.807) is 0 Å². The van der Waals surface area contributed by atoms with E-state index in [4.69, 9.17) is 26.4 Å². The van der Waals surface area contributed by atoms with Crippen LogP contribution >= 0.6 is 11.6 Å². The summed E-state index contributed by atoms with van der Waals surface area (Å²) in [5, 5.41) is 4.79. The number of benzene rings is 2. The number of rotatable bonds is 8.